The molecule has 0 spiro atoms. The van der Waals surface area contributed by atoms with Gasteiger partial charge in [0.25, 0.3) is 0 Å². The van der Waals surface area contributed by atoms with Crippen molar-refractivity contribution < 1.29 is 0 Å². The van der Waals surface area contributed by atoms with Crippen molar-refractivity contribution in [3.8, 4) is 0 Å². The van der Waals surface area contributed by atoms with Crippen LogP contribution in [0, 0.1) is 0 Å². The van der Waals surface area contributed by atoms with Crippen LogP contribution >= 0.6 is 0 Å². The molecule has 0 rings (SSSR count). The third kappa shape index (κ3) is 7.76. The van der Waals surface area contributed by atoms with E-state index in [0.717, 1.165) is 6.54 Å². The van der Waals surface area contributed by atoms with Gasteiger partial charge < -0.3 is 10.2 Å². The van der Waals surface area contributed by atoms with Gasteiger partial charge in [0.05, 0.1) is 0 Å². The third-order valence-electron chi connectivity index (χ3n) is 1.85. The Morgan fingerprint density at radius 2 is 2.08 bits per heavy atom. The van der Waals surface area contributed by atoms with Gasteiger partial charge in [-0.2, -0.15) is 0 Å². The number of unbranched alkanes of at least 4 members (excludes halogenated alkanes) is 1. The van der Waals surface area contributed by atoms with E-state index in [1.54, 1.807) is 0 Å². The van der Waals surface area contributed by atoms with Gasteiger partial charge >= 0.3 is 0 Å². The maximum absolute atomic E-state index is 3.72. The van der Waals surface area contributed by atoms with Gasteiger partial charge in [0, 0.05) is 6.04 Å². The first-order valence-electron chi connectivity index (χ1n) is 4.67. The highest BCUT2D eigenvalue weighted by Crippen LogP contribution is 1.90. The van der Waals surface area contributed by atoms with E-state index < -0.39 is 0 Å². The molecule has 0 aliphatic rings. The van der Waals surface area contributed by atoms with Crippen molar-refractivity contribution in [2.24, 2.45) is 0 Å². The molecule has 0 aromatic heterocycles. The zero-order valence-corrected chi connectivity index (χ0v) is 8.64. The van der Waals surface area contributed by atoms with Crippen molar-refractivity contribution in [2.45, 2.75) is 25.8 Å². The number of nitrogens with zero attached hydrogens (tertiary/aromatic N) is 1. The largest absolute Gasteiger partial charge is 0.311 e. The fourth-order valence-corrected chi connectivity index (χ4v) is 0.966. The first-order valence-corrected chi connectivity index (χ1v) is 4.67. The Morgan fingerprint density at radius 3 is 2.58 bits per heavy atom. The zero-order chi connectivity index (χ0) is 9.40. The van der Waals surface area contributed by atoms with E-state index in [-0.39, 0.29) is 0 Å². The molecule has 0 bridgehead atoms. The molecule has 0 heterocycles. The lowest BCUT2D eigenvalue weighted by Gasteiger charge is -2.11. The Hall–Kier alpha value is -0.340. The summed E-state index contributed by atoms with van der Waals surface area (Å²) in [6, 6.07) is 0.448. The molecule has 1 N–H and O–H groups in total. The molecule has 1 unspecified atom stereocenters. The summed E-state index contributed by atoms with van der Waals surface area (Å²) in [7, 11) is 4.22. The predicted octanol–water partition coefficient (Wildman–Crippen LogP) is 1.49. The number of hydrogen-bond acceptors (Lipinski definition) is 2. The van der Waals surface area contributed by atoms with Crippen LogP contribution < -0.4 is 5.32 Å². The van der Waals surface area contributed by atoms with E-state index in [1.165, 1.54) is 19.4 Å². The van der Waals surface area contributed by atoms with Gasteiger partial charge in [-0.1, -0.05) is 6.08 Å². The van der Waals surface area contributed by atoms with Crippen LogP contribution in [0.25, 0.3) is 0 Å². The van der Waals surface area contributed by atoms with Crippen molar-refractivity contribution in [1.29, 1.82) is 0 Å². The van der Waals surface area contributed by atoms with Gasteiger partial charge in [-0.25, -0.2) is 0 Å². The maximum Gasteiger partial charge on any atom is 0.0219 e. The van der Waals surface area contributed by atoms with Gasteiger partial charge in [-0.05, 0) is 47.0 Å². The summed E-state index contributed by atoms with van der Waals surface area (Å²) >= 11 is 0. The van der Waals surface area contributed by atoms with E-state index in [0.29, 0.717) is 6.04 Å². The fourth-order valence-electron chi connectivity index (χ4n) is 0.966. The molecule has 0 saturated heterocycles. The van der Waals surface area contributed by atoms with Crippen LogP contribution in [0.15, 0.2) is 12.7 Å². The van der Waals surface area contributed by atoms with E-state index >= 15 is 0 Å². The number of rotatable bonds is 7. The molecular weight excluding hydrogens is 148 g/mol. The minimum atomic E-state index is 0.448. The topological polar surface area (TPSA) is 15.3 Å². The highest BCUT2D eigenvalue weighted by Gasteiger charge is 1.94. The summed E-state index contributed by atoms with van der Waals surface area (Å²) in [6.07, 6.45) is 4.45. The second kappa shape index (κ2) is 7.32. The lowest BCUT2D eigenvalue weighted by atomic mass is 10.2. The van der Waals surface area contributed by atoms with Gasteiger partial charge in [0.15, 0.2) is 0 Å². The molecule has 0 amide bonds. The van der Waals surface area contributed by atoms with Crippen LogP contribution in [-0.4, -0.2) is 38.1 Å². The molecular formula is C10H22N2. The Balaban J connectivity index is 3.05. The average molecular weight is 170 g/mol. The first-order chi connectivity index (χ1) is 5.66. The van der Waals surface area contributed by atoms with Crippen LogP contribution in [0.2, 0.25) is 0 Å². The fraction of sp³-hybridized carbons (Fsp3) is 0.800. The van der Waals surface area contributed by atoms with Crippen LogP contribution in [0.1, 0.15) is 19.8 Å². The number of hydrogen-bond donors (Lipinski definition) is 1. The van der Waals surface area contributed by atoms with Crippen LogP contribution in [0.5, 0.6) is 0 Å². The Bertz CT molecular complexity index is 110. The van der Waals surface area contributed by atoms with E-state index in [1.807, 2.05) is 6.08 Å². The molecule has 0 aliphatic heterocycles. The standard InChI is InChI=1S/C10H22N2/c1-5-10(2)11-8-6-7-9-12(3)4/h5,10-11H,1,6-9H2,2-4H3. The molecule has 2 nitrogen and oxygen atoms in total. The smallest absolute Gasteiger partial charge is 0.0219 e. The summed E-state index contributed by atoms with van der Waals surface area (Å²) in [5.74, 6) is 0. The SMILES string of the molecule is C=CC(C)NCCCCN(C)C. The summed E-state index contributed by atoms with van der Waals surface area (Å²) in [6.45, 7) is 8.12. The normalized spacial score (nSPS) is 13.3. The average Bonchev–Trinajstić information content (AvgIpc) is 2.03. The second-order valence-corrected chi connectivity index (χ2v) is 3.49. The van der Waals surface area contributed by atoms with E-state index in [4.69, 9.17) is 0 Å². The molecule has 12 heavy (non-hydrogen) atoms. The Labute approximate surface area is 76.6 Å². The van der Waals surface area contributed by atoms with Crippen molar-refractivity contribution in [3.05, 3.63) is 12.7 Å². The van der Waals surface area contributed by atoms with Gasteiger partial charge in [-0.3, -0.25) is 0 Å². The molecule has 0 aliphatic carbocycles. The maximum atomic E-state index is 3.72. The van der Waals surface area contributed by atoms with Gasteiger partial charge in [-0.15, -0.1) is 6.58 Å². The highest BCUT2D eigenvalue weighted by atomic mass is 15.0. The Morgan fingerprint density at radius 1 is 1.42 bits per heavy atom. The predicted molar refractivity (Wildman–Crippen MR) is 55.4 cm³/mol. The first kappa shape index (κ1) is 11.7. The molecule has 0 radical (unpaired) electrons. The van der Waals surface area contributed by atoms with Crippen molar-refractivity contribution >= 4 is 0 Å². The van der Waals surface area contributed by atoms with Crippen LogP contribution in [0.4, 0.5) is 0 Å². The molecule has 0 saturated carbocycles. The third-order valence-corrected chi connectivity index (χ3v) is 1.85. The molecule has 72 valence electrons. The van der Waals surface area contributed by atoms with Gasteiger partial charge in [0.2, 0.25) is 0 Å². The Kier molecular flexibility index (Phi) is 7.11. The van der Waals surface area contributed by atoms with Crippen LogP contribution in [0.3, 0.4) is 0 Å². The van der Waals surface area contributed by atoms with E-state index in [2.05, 4.69) is 37.8 Å². The zero-order valence-electron chi connectivity index (χ0n) is 8.64. The molecule has 0 aromatic rings. The van der Waals surface area contributed by atoms with Gasteiger partial charge in [0.1, 0.15) is 0 Å². The molecule has 2 heteroatoms. The summed E-state index contributed by atoms with van der Waals surface area (Å²) in [5, 5.41) is 3.37. The van der Waals surface area contributed by atoms with Crippen molar-refractivity contribution in [3.63, 3.8) is 0 Å². The van der Waals surface area contributed by atoms with Crippen molar-refractivity contribution in [1.82, 2.24) is 10.2 Å². The lowest BCUT2D eigenvalue weighted by molar-refractivity contribution is 0.391. The monoisotopic (exact) mass is 170 g/mol. The molecule has 0 fully saturated rings. The minimum absolute atomic E-state index is 0.448. The minimum Gasteiger partial charge on any atom is -0.311 e. The molecule has 0 aromatic carbocycles. The summed E-state index contributed by atoms with van der Waals surface area (Å²) < 4.78 is 0. The highest BCUT2D eigenvalue weighted by molar-refractivity contribution is 4.80. The van der Waals surface area contributed by atoms with E-state index in [9.17, 15) is 0 Å². The summed E-state index contributed by atoms with van der Waals surface area (Å²) in [4.78, 5) is 2.22. The lowest BCUT2D eigenvalue weighted by Crippen LogP contribution is -2.25. The number of nitrogens with one attached hydrogen (secondary N) is 1. The quantitative estimate of drug-likeness (QED) is 0.460. The molecule has 1 atom stereocenters. The summed E-state index contributed by atoms with van der Waals surface area (Å²) in [5.41, 5.74) is 0. The van der Waals surface area contributed by atoms with Crippen LogP contribution in [-0.2, 0) is 0 Å². The van der Waals surface area contributed by atoms with Crippen molar-refractivity contribution in [2.75, 3.05) is 27.2 Å². The second-order valence-electron chi connectivity index (χ2n) is 3.49.